The van der Waals surface area contributed by atoms with E-state index in [0.717, 1.165) is 5.56 Å². The molecule has 0 bridgehead atoms. The summed E-state index contributed by atoms with van der Waals surface area (Å²) < 4.78 is 33.6. The van der Waals surface area contributed by atoms with E-state index in [-0.39, 0.29) is 39.6 Å². The summed E-state index contributed by atoms with van der Waals surface area (Å²) >= 11 is 6.08. The van der Waals surface area contributed by atoms with E-state index in [1.807, 2.05) is 37.3 Å². The lowest BCUT2D eigenvalue weighted by Crippen LogP contribution is -2.17. The zero-order valence-electron chi connectivity index (χ0n) is 17.1. The number of hydrogen-bond acceptors (Lipinski definition) is 4. The first-order valence-electron chi connectivity index (χ1n) is 9.60. The fourth-order valence-electron chi connectivity index (χ4n) is 3.10. The molecule has 31 heavy (non-hydrogen) atoms. The maximum absolute atomic E-state index is 13.0. The maximum atomic E-state index is 13.0. The minimum atomic E-state index is -4.01. The molecule has 0 aliphatic rings. The number of para-hydroxylation sites is 1. The number of sulfonamides is 1. The van der Waals surface area contributed by atoms with Gasteiger partial charge in [0.25, 0.3) is 10.0 Å². The smallest absolute Gasteiger partial charge is 0.265 e. The number of benzene rings is 3. The van der Waals surface area contributed by atoms with Crippen LogP contribution in [0.4, 0.5) is 11.4 Å². The number of halogens is 1. The SMILES string of the molecule is COc1ccc(NC(=O)CC(C)c2ccccc2)cc1S(=O)(=O)Nc1ccccc1Cl. The number of amides is 1. The lowest BCUT2D eigenvalue weighted by Gasteiger charge is -2.15. The molecule has 1 amide bonds. The highest BCUT2D eigenvalue weighted by Crippen LogP contribution is 2.31. The highest BCUT2D eigenvalue weighted by atomic mass is 35.5. The monoisotopic (exact) mass is 458 g/mol. The van der Waals surface area contributed by atoms with Crippen LogP contribution in [0, 0.1) is 0 Å². The van der Waals surface area contributed by atoms with Gasteiger partial charge in [-0.15, -0.1) is 0 Å². The van der Waals surface area contributed by atoms with Gasteiger partial charge in [0, 0.05) is 12.1 Å². The van der Waals surface area contributed by atoms with Gasteiger partial charge in [-0.2, -0.15) is 0 Å². The van der Waals surface area contributed by atoms with Gasteiger partial charge in [0.05, 0.1) is 17.8 Å². The molecular weight excluding hydrogens is 436 g/mol. The summed E-state index contributed by atoms with van der Waals surface area (Å²) in [5.41, 5.74) is 1.66. The van der Waals surface area contributed by atoms with E-state index >= 15 is 0 Å². The van der Waals surface area contributed by atoms with Crippen molar-refractivity contribution in [1.29, 1.82) is 0 Å². The molecule has 0 saturated carbocycles. The van der Waals surface area contributed by atoms with Gasteiger partial charge in [-0.1, -0.05) is 61.0 Å². The fourth-order valence-corrected chi connectivity index (χ4v) is 4.61. The van der Waals surface area contributed by atoms with Crippen LogP contribution in [0.5, 0.6) is 5.75 Å². The maximum Gasteiger partial charge on any atom is 0.265 e. The van der Waals surface area contributed by atoms with Crippen molar-refractivity contribution >= 4 is 38.9 Å². The first-order chi connectivity index (χ1) is 14.8. The van der Waals surface area contributed by atoms with Crippen molar-refractivity contribution < 1.29 is 17.9 Å². The molecule has 0 spiro atoms. The minimum Gasteiger partial charge on any atom is -0.495 e. The second kappa shape index (κ2) is 9.85. The van der Waals surface area contributed by atoms with Crippen LogP contribution in [0.1, 0.15) is 24.8 Å². The Morgan fingerprint density at radius 1 is 1.03 bits per heavy atom. The number of rotatable bonds is 8. The number of hydrogen-bond donors (Lipinski definition) is 2. The van der Waals surface area contributed by atoms with E-state index in [4.69, 9.17) is 16.3 Å². The lowest BCUT2D eigenvalue weighted by atomic mass is 9.97. The normalized spacial score (nSPS) is 12.1. The summed E-state index contributed by atoms with van der Waals surface area (Å²) in [6.45, 7) is 1.96. The Bertz CT molecular complexity index is 1170. The zero-order valence-corrected chi connectivity index (χ0v) is 18.7. The molecule has 0 aliphatic heterocycles. The van der Waals surface area contributed by atoms with Gasteiger partial charge in [-0.3, -0.25) is 9.52 Å². The summed E-state index contributed by atoms with van der Waals surface area (Å²) in [4.78, 5) is 12.4. The highest BCUT2D eigenvalue weighted by Gasteiger charge is 2.22. The largest absolute Gasteiger partial charge is 0.495 e. The minimum absolute atomic E-state index is 0.0181. The predicted octanol–water partition coefficient (Wildman–Crippen LogP) is 5.28. The first kappa shape index (κ1) is 22.7. The van der Waals surface area contributed by atoms with Gasteiger partial charge in [0.1, 0.15) is 10.6 Å². The van der Waals surface area contributed by atoms with Crippen molar-refractivity contribution in [3.8, 4) is 5.75 Å². The van der Waals surface area contributed by atoms with E-state index < -0.39 is 10.0 Å². The number of anilines is 2. The van der Waals surface area contributed by atoms with Crippen molar-refractivity contribution in [2.45, 2.75) is 24.2 Å². The van der Waals surface area contributed by atoms with E-state index in [0.29, 0.717) is 5.69 Å². The van der Waals surface area contributed by atoms with E-state index in [9.17, 15) is 13.2 Å². The molecule has 0 heterocycles. The van der Waals surface area contributed by atoms with E-state index in [1.165, 1.54) is 19.2 Å². The van der Waals surface area contributed by atoms with Crippen LogP contribution in [-0.4, -0.2) is 21.4 Å². The molecule has 0 saturated heterocycles. The second-order valence-electron chi connectivity index (χ2n) is 7.02. The van der Waals surface area contributed by atoms with Gasteiger partial charge >= 0.3 is 0 Å². The van der Waals surface area contributed by atoms with Crippen molar-refractivity contribution in [2.75, 3.05) is 17.1 Å². The molecule has 6 nitrogen and oxygen atoms in total. The molecule has 0 radical (unpaired) electrons. The average Bonchev–Trinajstić information content (AvgIpc) is 2.75. The van der Waals surface area contributed by atoms with Crippen LogP contribution in [0.3, 0.4) is 0 Å². The molecule has 1 atom stereocenters. The number of ether oxygens (including phenoxy) is 1. The Kier molecular flexibility index (Phi) is 7.20. The third kappa shape index (κ3) is 5.77. The second-order valence-corrected chi connectivity index (χ2v) is 9.07. The molecule has 8 heteroatoms. The van der Waals surface area contributed by atoms with Gasteiger partial charge in [0.2, 0.25) is 5.91 Å². The van der Waals surface area contributed by atoms with Crippen LogP contribution >= 0.6 is 11.6 Å². The Morgan fingerprint density at radius 2 is 1.71 bits per heavy atom. The first-order valence-corrected chi connectivity index (χ1v) is 11.5. The summed E-state index contributed by atoms with van der Waals surface area (Å²) in [5, 5.41) is 3.04. The summed E-state index contributed by atoms with van der Waals surface area (Å²) in [7, 11) is -2.64. The van der Waals surface area contributed by atoms with Crippen LogP contribution < -0.4 is 14.8 Å². The van der Waals surface area contributed by atoms with Gasteiger partial charge < -0.3 is 10.1 Å². The topological polar surface area (TPSA) is 84.5 Å². The standard InChI is InChI=1S/C23H23ClN2O4S/c1-16(17-8-4-3-5-9-17)14-23(27)25-18-12-13-21(30-2)22(15-18)31(28,29)26-20-11-7-6-10-19(20)24/h3-13,15-16,26H,14H2,1-2H3,(H,25,27). The predicted molar refractivity (Wildman–Crippen MR) is 123 cm³/mol. The highest BCUT2D eigenvalue weighted by molar-refractivity contribution is 7.92. The third-order valence-corrected chi connectivity index (χ3v) is 6.43. The Hall–Kier alpha value is -3.03. The summed E-state index contributed by atoms with van der Waals surface area (Å²) in [5.74, 6) is -0.0522. The van der Waals surface area contributed by atoms with Gasteiger partial charge in [-0.05, 0) is 41.8 Å². The van der Waals surface area contributed by atoms with Crippen LogP contribution in [0.2, 0.25) is 5.02 Å². The number of carbonyl (C=O) groups is 1. The quantitative estimate of drug-likeness (QED) is 0.480. The third-order valence-electron chi connectivity index (χ3n) is 4.72. The fraction of sp³-hybridized carbons (Fsp3) is 0.174. The Labute approximate surface area is 187 Å². The molecule has 3 aromatic carbocycles. The molecule has 162 valence electrons. The average molecular weight is 459 g/mol. The molecule has 0 aromatic heterocycles. The van der Waals surface area contributed by atoms with Crippen LogP contribution in [0.25, 0.3) is 0 Å². The van der Waals surface area contributed by atoms with Crippen LogP contribution in [0.15, 0.2) is 77.7 Å². The van der Waals surface area contributed by atoms with Crippen molar-refractivity contribution in [1.82, 2.24) is 0 Å². The molecule has 3 aromatic rings. The van der Waals surface area contributed by atoms with Gasteiger partial charge in [-0.25, -0.2) is 8.42 Å². The molecular formula is C23H23ClN2O4S. The Balaban J connectivity index is 1.80. The van der Waals surface area contributed by atoms with E-state index in [1.54, 1.807) is 30.3 Å². The molecule has 2 N–H and O–H groups in total. The lowest BCUT2D eigenvalue weighted by molar-refractivity contribution is -0.116. The van der Waals surface area contributed by atoms with Crippen molar-refractivity contribution in [3.05, 3.63) is 83.4 Å². The van der Waals surface area contributed by atoms with E-state index in [2.05, 4.69) is 10.0 Å². The van der Waals surface area contributed by atoms with Crippen molar-refractivity contribution in [3.63, 3.8) is 0 Å². The number of methoxy groups -OCH3 is 1. The number of carbonyl (C=O) groups excluding carboxylic acids is 1. The molecule has 0 fully saturated rings. The molecule has 3 rings (SSSR count). The number of nitrogens with one attached hydrogen (secondary N) is 2. The Morgan fingerprint density at radius 3 is 2.39 bits per heavy atom. The summed E-state index contributed by atoms with van der Waals surface area (Å²) in [6.07, 6.45) is 0.260. The summed E-state index contributed by atoms with van der Waals surface area (Å²) in [6, 6.07) is 20.7. The van der Waals surface area contributed by atoms with Gasteiger partial charge in [0.15, 0.2) is 0 Å². The molecule has 0 aliphatic carbocycles. The van der Waals surface area contributed by atoms with Crippen LogP contribution in [-0.2, 0) is 14.8 Å². The molecule has 1 unspecified atom stereocenters. The zero-order chi connectivity index (χ0) is 22.4. The van der Waals surface area contributed by atoms with Crippen molar-refractivity contribution in [2.24, 2.45) is 0 Å².